The molecule has 3 heterocycles. The van der Waals surface area contributed by atoms with Crippen LogP contribution in [0.3, 0.4) is 0 Å². The first-order chi connectivity index (χ1) is 14.1. The molecule has 7 heteroatoms. The molecule has 0 aliphatic carbocycles. The number of fused-ring (bicyclic) bond motifs is 2. The third-order valence-corrected chi connectivity index (χ3v) is 5.48. The lowest BCUT2D eigenvalue weighted by Crippen LogP contribution is -2.40. The van der Waals surface area contributed by atoms with Crippen molar-refractivity contribution in [3.63, 3.8) is 0 Å². The molecule has 0 radical (unpaired) electrons. The molecule has 1 N–H and O–H groups in total. The Bertz CT molecular complexity index is 1280. The molecule has 29 heavy (non-hydrogen) atoms. The average molecular weight is 385 g/mol. The molecule has 1 amide bonds. The van der Waals surface area contributed by atoms with Crippen LogP contribution >= 0.6 is 0 Å². The topological polar surface area (TPSA) is 83.9 Å². The standard InChI is InChI=1S/C22H19N5O2/c1-26-21(28)16-10-6-5-9-15(16)20(25-26)22(29)27-11-17(14-7-3-2-4-8-14)19-18(12-27)23-13-24-19/h2-10,13,17H,11-12H2,1H3,(H,23,24). The molecule has 0 saturated heterocycles. The van der Waals surface area contributed by atoms with Gasteiger partial charge in [0.1, 0.15) is 0 Å². The first-order valence-electron chi connectivity index (χ1n) is 9.46. The maximum Gasteiger partial charge on any atom is 0.275 e. The monoisotopic (exact) mass is 385 g/mol. The lowest BCUT2D eigenvalue weighted by atomic mass is 9.90. The number of imidazole rings is 1. The van der Waals surface area contributed by atoms with E-state index in [2.05, 4.69) is 27.2 Å². The number of nitrogens with one attached hydrogen (secondary N) is 1. The van der Waals surface area contributed by atoms with Crippen LogP contribution in [0.15, 0.2) is 65.7 Å². The van der Waals surface area contributed by atoms with Gasteiger partial charge in [0.25, 0.3) is 11.5 Å². The van der Waals surface area contributed by atoms with Crippen molar-refractivity contribution in [2.45, 2.75) is 12.5 Å². The predicted octanol–water partition coefficient (Wildman–Crippen LogP) is 2.44. The Morgan fingerprint density at radius 3 is 2.59 bits per heavy atom. The van der Waals surface area contributed by atoms with Gasteiger partial charge in [-0.25, -0.2) is 9.67 Å². The van der Waals surface area contributed by atoms with Crippen molar-refractivity contribution in [3.05, 3.63) is 93.9 Å². The molecule has 0 bridgehead atoms. The summed E-state index contributed by atoms with van der Waals surface area (Å²) in [4.78, 5) is 35.4. The van der Waals surface area contributed by atoms with Crippen molar-refractivity contribution in [1.29, 1.82) is 0 Å². The molecule has 1 aliphatic heterocycles. The minimum atomic E-state index is -0.214. The predicted molar refractivity (Wildman–Crippen MR) is 109 cm³/mol. The van der Waals surface area contributed by atoms with Gasteiger partial charge in [0.05, 0.1) is 29.6 Å². The zero-order valence-electron chi connectivity index (χ0n) is 15.9. The fraction of sp³-hybridized carbons (Fsp3) is 0.182. The highest BCUT2D eigenvalue weighted by molar-refractivity contribution is 6.04. The zero-order valence-corrected chi connectivity index (χ0v) is 15.9. The van der Waals surface area contributed by atoms with Crippen molar-refractivity contribution in [3.8, 4) is 0 Å². The fourth-order valence-electron chi connectivity index (χ4n) is 4.03. The third-order valence-electron chi connectivity index (χ3n) is 5.48. The molecule has 144 valence electrons. The van der Waals surface area contributed by atoms with E-state index in [9.17, 15) is 9.59 Å². The summed E-state index contributed by atoms with van der Waals surface area (Å²) in [6.07, 6.45) is 1.68. The maximum atomic E-state index is 13.5. The SMILES string of the molecule is Cn1nc(C(=O)N2Cc3[nH]cnc3C(c3ccccc3)C2)c2ccccc2c1=O. The van der Waals surface area contributed by atoms with E-state index in [0.717, 1.165) is 17.0 Å². The van der Waals surface area contributed by atoms with Crippen LogP contribution in [0.4, 0.5) is 0 Å². The highest BCUT2D eigenvalue weighted by atomic mass is 16.2. The second-order valence-electron chi connectivity index (χ2n) is 7.24. The summed E-state index contributed by atoms with van der Waals surface area (Å²) in [5.41, 5.74) is 3.08. The van der Waals surface area contributed by atoms with Crippen molar-refractivity contribution >= 4 is 16.7 Å². The van der Waals surface area contributed by atoms with Gasteiger partial charge in [-0.05, 0) is 11.6 Å². The van der Waals surface area contributed by atoms with E-state index in [0.29, 0.717) is 23.9 Å². The van der Waals surface area contributed by atoms with E-state index in [-0.39, 0.29) is 23.1 Å². The van der Waals surface area contributed by atoms with Crippen molar-refractivity contribution in [2.75, 3.05) is 6.54 Å². The van der Waals surface area contributed by atoms with Gasteiger partial charge >= 0.3 is 0 Å². The van der Waals surface area contributed by atoms with Gasteiger partial charge in [0.15, 0.2) is 5.69 Å². The number of hydrogen-bond donors (Lipinski definition) is 1. The number of nitrogens with zero attached hydrogens (tertiary/aromatic N) is 4. The summed E-state index contributed by atoms with van der Waals surface area (Å²) in [5, 5.41) is 5.37. The number of aromatic nitrogens is 4. The maximum absolute atomic E-state index is 13.5. The van der Waals surface area contributed by atoms with Gasteiger partial charge in [-0.2, -0.15) is 5.10 Å². The zero-order chi connectivity index (χ0) is 20.0. The molecule has 0 spiro atoms. The van der Waals surface area contributed by atoms with Crippen LogP contribution in [-0.4, -0.2) is 37.1 Å². The highest BCUT2D eigenvalue weighted by Gasteiger charge is 2.33. The Kier molecular flexibility index (Phi) is 4.01. The first kappa shape index (κ1) is 17.4. The summed E-state index contributed by atoms with van der Waals surface area (Å²) in [7, 11) is 1.57. The lowest BCUT2D eigenvalue weighted by Gasteiger charge is -2.32. The molecule has 0 fully saturated rings. The second kappa shape index (κ2) is 6.70. The number of rotatable bonds is 2. The number of aryl methyl sites for hydroxylation is 1. The van der Waals surface area contributed by atoms with E-state index in [4.69, 9.17) is 0 Å². The molecule has 7 nitrogen and oxygen atoms in total. The highest BCUT2D eigenvalue weighted by Crippen LogP contribution is 2.32. The summed E-state index contributed by atoms with van der Waals surface area (Å²) in [5.74, 6) is -0.216. The van der Waals surface area contributed by atoms with E-state index in [1.165, 1.54) is 4.68 Å². The molecule has 2 aromatic heterocycles. The van der Waals surface area contributed by atoms with Gasteiger partial charge in [-0.1, -0.05) is 48.5 Å². The van der Waals surface area contributed by atoms with Crippen molar-refractivity contribution in [1.82, 2.24) is 24.6 Å². The number of amides is 1. The molecule has 1 unspecified atom stereocenters. The van der Waals surface area contributed by atoms with E-state index < -0.39 is 0 Å². The number of aromatic amines is 1. The quantitative estimate of drug-likeness (QED) is 0.574. The summed E-state index contributed by atoms with van der Waals surface area (Å²) < 4.78 is 1.23. The molecule has 4 aromatic rings. The van der Waals surface area contributed by atoms with Crippen molar-refractivity contribution in [2.24, 2.45) is 7.05 Å². The smallest absolute Gasteiger partial charge is 0.275 e. The number of carbonyl (C=O) groups is 1. The van der Waals surface area contributed by atoms with Crippen LogP contribution in [0, 0.1) is 0 Å². The van der Waals surface area contributed by atoms with Gasteiger partial charge in [-0.15, -0.1) is 0 Å². The van der Waals surface area contributed by atoms with Crippen molar-refractivity contribution < 1.29 is 4.79 Å². The minimum absolute atomic E-state index is 0.0195. The molecular weight excluding hydrogens is 366 g/mol. The van der Waals surface area contributed by atoms with E-state index in [1.54, 1.807) is 36.5 Å². The normalized spacial score (nSPS) is 16.0. The summed E-state index contributed by atoms with van der Waals surface area (Å²) in [6.45, 7) is 0.926. The molecule has 1 aliphatic rings. The Morgan fingerprint density at radius 2 is 1.79 bits per heavy atom. The second-order valence-corrected chi connectivity index (χ2v) is 7.24. The summed E-state index contributed by atoms with van der Waals surface area (Å²) in [6, 6.07) is 17.2. The Hall–Kier alpha value is -3.74. The van der Waals surface area contributed by atoms with Gasteiger partial charge in [-0.3, -0.25) is 9.59 Å². The van der Waals surface area contributed by atoms with Crippen LogP contribution in [0.25, 0.3) is 10.8 Å². The lowest BCUT2D eigenvalue weighted by molar-refractivity contribution is 0.0715. The van der Waals surface area contributed by atoms with Gasteiger partial charge < -0.3 is 9.88 Å². The van der Waals surface area contributed by atoms with Crippen LogP contribution in [0.1, 0.15) is 33.4 Å². The fourth-order valence-corrected chi connectivity index (χ4v) is 4.03. The summed E-state index contributed by atoms with van der Waals surface area (Å²) >= 11 is 0. The van der Waals surface area contributed by atoms with Gasteiger partial charge in [0, 0.05) is 24.9 Å². The number of carbonyl (C=O) groups excluding carboxylic acids is 1. The van der Waals surface area contributed by atoms with Crippen LogP contribution < -0.4 is 5.56 Å². The molecule has 1 atom stereocenters. The Balaban J connectivity index is 1.59. The van der Waals surface area contributed by atoms with Crippen LogP contribution in [0.5, 0.6) is 0 Å². The first-order valence-corrected chi connectivity index (χ1v) is 9.46. The van der Waals surface area contributed by atoms with Gasteiger partial charge in [0.2, 0.25) is 0 Å². The Labute approximate surface area is 166 Å². The Morgan fingerprint density at radius 1 is 1.07 bits per heavy atom. The largest absolute Gasteiger partial charge is 0.347 e. The molecule has 5 rings (SSSR count). The molecule has 0 saturated carbocycles. The third kappa shape index (κ3) is 2.82. The van der Waals surface area contributed by atoms with E-state index >= 15 is 0 Å². The molecule has 2 aromatic carbocycles. The number of benzene rings is 2. The average Bonchev–Trinajstić information content (AvgIpc) is 3.24. The number of H-pyrrole nitrogens is 1. The van der Waals surface area contributed by atoms with Crippen LogP contribution in [0.2, 0.25) is 0 Å². The number of hydrogen-bond acceptors (Lipinski definition) is 4. The minimum Gasteiger partial charge on any atom is -0.347 e. The molecular formula is C22H19N5O2. The van der Waals surface area contributed by atoms with Crippen LogP contribution in [-0.2, 0) is 13.6 Å². The van der Waals surface area contributed by atoms with E-state index in [1.807, 2.05) is 24.3 Å².